The summed E-state index contributed by atoms with van der Waals surface area (Å²) in [6.45, 7) is 2.61. The van der Waals surface area contributed by atoms with Crippen LogP contribution >= 0.6 is 0 Å². The number of hydrogen-bond donors (Lipinski definition) is 2. The molecule has 30 heavy (non-hydrogen) atoms. The molecule has 1 aliphatic carbocycles. The lowest BCUT2D eigenvalue weighted by Gasteiger charge is -2.38. The number of carbonyl (C=O) groups is 2. The Labute approximate surface area is 174 Å². The largest absolute Gasteiger partial charge is 0.367 e. The number of aromatic nitrogens is 1. The fraction of sp³-hybridized carbons (Fsp3) is 0.318. The molecule has 2 N–H and O–H groups in total. The fourth-order valence-corrected chi connectivity index (χ4v) is 3.99. The van der Waals surface area contributed by atoms with E-state index < -0.39 is 16.5 Å². The van der Waals surface area contributed by atoms with Gasteiger partial charge in [-0.15, -0.1) is 0 Å². The summed E-state index contributed by atoms with van der Waals surface area (Å²) in [5, 5.41) is 17.1. The first-order chi connectivity index (χ1) is 14.5. The highest BCUT2D eigenvalue weighted by Gasteiger charge is 2.53. The van der Waals surface area contributed by atoms with Crippen molar-refractivity contribution in [1.82, 2.24) is 15.1 Å². The summed E-state index contributed by atoms with van der Waals surface area (Å²) in [4.78, 5) is 32.9. The van der Waals surface area contributed by atoms with E-state index in [1.165, 1.54) is 0 Å². The van der Waals surface area contributed by atoms with Crippen molar-refractivity contribution in [3.8, 4) is 0 Å². The lowest BCUT2D eigenvalue weighted by atomic mass is 9.95. The first kappa shape index (κ1) is 20.1. The van der Waals surface area contributed by atoms with E-state index in [9.17, 15) is 9.59 Å². The predicted octanol–water partition coefficient (Wildman–Crippen LogP) is 2.08. The lowest BCUT2D eigenvalue weighted by molar-refractivity contribution is -0.280. The van der Waals surface area contributed by atoms with Crippen molar-refractivity contribution in [2.45, 2.75) is 18.3 Å². The van der Waals surface area contributed by atoms with Crippen LogP contribution in [0.2, 0.25) is 0 Å². The number of hydrogen-bond acceptors (Lipinski definition) is 6. The minimum atomic E-state index is -0.926. The van der Waals surface area contributed by atoms with Gasteiger partial charge in [0.2, 0.25) is 5.91 Å². The van der Waals surface area contributed by atoms with Crippen LogP contribution in [0, 0.1) is 0 Å². The number of carbonyl (C=O) groups excluding carboxylic acids is 2. The number of pyridine rings is 1. The summed E-state index contributed by atoms with van der Waals surface area (Å²) in [6.07, 6.45) is 7.91. The van der Waals surface area contributed by atoms with Crippen LogP contribution in [0.4, 0.5) is 5.69 Å². The van der Waals surface area contributed by atoms with Gasteiger partial charge in [-0.2, -0.15) is 0 Å². The van der Waals surface area contributed by atoms with Crippen LogP contribution < -0.4 is 4.90 Å². The van der Waals surface area contributed by atoms with Crippen LogP contribution in [0.5, 0.6) is 0 Å². The second-order valence-corrected chi connectivity index (χ2v) is 7.62. The Morgan fingerprint density at radius 2 is 1.77 bits per heavy atom. The molecule has 2 amide bonds. The van der Waals surface area contributed by atoms with E-state index in [-0.39, 0.29) is 5.91 Å². The number of amides is 2. The molecular formula is C22H24N4O4. The van der Waals surface area contributed by atoms with Crippen LogP contribution in [0.25, 0.3) is 6.08 Å². The van der Waals surface area contributed by atoms with Gasteiger partial charge in [-0.1, -0.05) is 29.5 Å². The van der Waals surface area contributed by atoms with E-state index in [4.69, 9.17) is 10.4 Å². The second kappa shape index (κ2) is 8.25. The van der Waals surface area contributed by atoms with Crippen molar-refractivity contribution in [2.75, 3.05) is 31.1 Å². The van der Waals surface area contributed by atoms with Crippen molar-refractivity contribution >= 4 is 23.6 Å². The molecule has 2 aliphatic rings. The fourth-order valence-electron chi connectivity index (χ4n) is 3.99. The molecule has 2 aromatic rings. The third kappa shape index (κ3) is 3.92. The Kier molecular flexibility index (Phi) is 5.52. The van der Waals surface area contributed by atoms with E-state index in [2.05, 4.69) is 9.88 Å². The Hall–Kier alpha value is -3.23. The van der Waals surface area contributed by atoms with Crippen LogP contribution in [-0.2, 0) is 15.0 Å². The minimum Gasteiger partial charge on any atom is -0.367 e. The number of anilines is 1. The normalized spacial score (nSPS) is 17.8. The van der Waals surface area contributed by atoms with E-state index in [1.807, 2.05) is 41.3 Å². The van der Waals surface area contributed by atoms with Crippen molar-refractivity contribution in [2.24, 2.45) is 0 Å². The summed E-state index contributed by atoms with van der Waals surface area (Å²) >= 11 is 0. The monoisotopic (exact) mass is 408 g/mol. The Balaban J connectivity index is 1.43. The molecule has 0 unspecified atom stereocenters. The Morgan fingerprint density at radius 3 is 2.40 bits per heavy atom. The predicted molar refractivity (Wildman–Crippen MR) is 110 cm³/mol. The highest BCUT2D eigenvalue weighted by Crippen LogP contribution is 2.49. The molecule has 2 heterocycles. The summed E-state index contributed by atoms with van der Waals surface area (Å²) < 4.78 is 0. The molecule has 1 saturated heterocycles. The second-order valence-electron chi connectivity index (χ2n) is 7.62. The van der Waals surface area contributed by atoms with Gasteiger partial charge in [0, 0.05) is 50.3 Å². The topological polar surface area (TPSA) is 97.2 Å². The van der Waals surface area contributed by atoms with Gasteiger partial charge in [-0.3, -0.25) is 25.0 Å². The van der Waals surface area contributed by atoms with Gasteiger partial charge in [0.1, 0.15) is 0 Å². The molecule has 8 nitrogen and oxygen atoms in total. The smallest absolute Gasteiger partial charge is 0.296 e. The van der Waals surface area contributed by atoms with Crippen molar-refractivity contribution < 1.29 is 20.0 Å². The molecule has 1 aromatic carbocycles. The first-order valence-electron chi connectivity index (χ1n) is 9.95. The number of hydroxylamine groups is 2. The molecule has 156 valence electrons. The zero-order valence-electron chi connectivity index (χ0n) is 16.5. The lowest BCUT2D eigenvalue weighted by Crippen LogP contribution is -2.51. The number of rotatable bonds is 5. The molecule has 1 aromatic heterocycles. The number of para-hydroxylation sites is 1. The van der Waals surface area contributed by atoms with Crippen molar-refractivity contribution in [1.29, 1.82) is 0 Å². The molecule has 2 fully saturated rings. The maximum Gasteiger partial charge on any atom is 0.296 e. The van der Waals surface area contributed by atoms with Crippen LogP contribution in [0.1, 0.15) is 24.0 Å². The maximum absolute atomic E-state index is 13.2. The highest BCUT2D eigenvalue weighted by atomic mass is 16.8. The first-order valence-corrected chi connectivity index (χ1v) is 9.95. The Bertz CT molecular complexity index is 949. The molecule has 0 radical (unpaired) electrons. The summed E-state index contributed by atoms with van der Waals surface area (Å²) in [7, 11) is 0. The van der Waals surface area contributed by atoms with E-state index in [1.54, 1.807) is 18.5 Å². The minimum absolute atomic E-state index is 0.180. The summed E-state index contributed by atoms with van der Waals surface area (Å²) in [5.41, 5.74) is 2.32. The molecule has 0 bridgehead atoms. The maximum atomic E-state index is 13.2. The number of benzene rings is 1. The molecule has 8 heteroatoms. The quantitative estimate of drug-likeness (QED) is 0.447. The average Bonchev–Trinajstić information content (AvgIpc) is 3.60. The van der Waals surface area contributed by atoms with Gasteiger partial charge < -0.3 is 9.80 Å². The van der Waals surface area contributed by atoms with Crippen LogP contribution in [0.3, 0.4) is 0 Å². The van der Waals surface area contributed by atoms with E-state index in [0.717, 1.165) is 35.7 Å². The van der Waals surface area contributed by atoms with Gasteiger partial charge in [0.25, 0.3) is 5.91 Å². The number of piperazine rings is 1. The van der Waals surface area contributed by atoms with E-state index >= 15 is 0 Å². The third-order valence-corrected chi connectivity index (χ3v) is 5.82. The highest BCUT2D eigenvalue weighted by molar-refractivity contribution is 5.92. The molecule has 4 rings (SSSR count). The molecule has 1 saturated carbocycles. The Morgan fingerprint density at radius 1 is 1.03 bits per heavy atom. The van der Waals surface area contributed by atoms with E-state index in [0.29, 0.717) is 26.2 Å². The third-order valence-electron chi connectivity index (χ3n) is 5.82. The molecule has 1 aliphatic heterocycles. The number of nitrogens with zero attached hydrogens (tertiary/aromatic N) is 4. The van der Waals surface area contributed by atoms with Gasteiger partial charge in [0.05, 0.1) is 5.41 Å². The molecular weight excluding hydrogens is 384 g/mol. The van der Waals surface area contributed by atoms with Gasteiger partial charge in [-0.05, 0) is 42.2 Å². The van der Waals surface area contributed by atoms with Crippen molar-refractivity contribution in [3.05, 3.63) is 66.0 Å². The average molecular weight is 408 g/mol. The summed E-state index contributed by atoms with van der Waals surface area (Å²) in [6, 6.07) is 11.4. The zero-order valence-corrected chi connectivity index (χ0v) is 16.5. The van der Waals surface area contributed by atoms with Crippen LogP contribution in [-0.4, -0.2) is 63.5 Å². The molecule has 0 spiro atoms. The van der Waals surface area contributed by atoms with Crippen LogP contribution in [0.15, 0.2) is 54.9 Å². The standard InChI is InChI=1S/C22H24N4O4/c27-20(26(29)30)8-7-17-4-1-2-6-19(17)24-12-14-25(15-13-24)21(28)22(9-10-22)18-5-3-11-23-16-18/h1-8,11,16,29-30H,9-10,12-15H2/b8-7+. The summed E-state index contributed by atoms with van der Waals surface area (Å²) in [5.74, 6) is -0.745. The van der Waals surface area contributed by atoms with Gasteiger partial charge in [0.15, 0.2) is 0 Å². The van der Waals surface area contributed by atoms with Gasteiger partial charge >= 0.3 is 0 Å². The SMILES string of the molecule is O=C(/C=C/c1ccccc1N1CCN(C(=O)C2(c3cccnc3)CC2)CC1)N(O)O. The van der Waals surface area contributed by atoms with Gasteiger partial charge in [-0.25, -0.2) is 0 Å². The molecule has 0 atom stereocenters. The van der Waals surface area contributed by atoms with Crippen molar-refractivity contribution in [3.63, 3.8) is 0 Å². The zero-order chi connectivity index (χ0) is 21.1.